The average molecular weight is 210 g/mol. The zero-order chi connectivity index (χ0) is 11.4. The van der Waals surface area contributed by atoms with Gasteiger partial charge in [-0.1, -0.05) is 6.07 Å². The Bertz CT molecular complexity index is 509. The number of hydrogen-bond acceptors (Lipinski definition) is 3. The van der Waals surface area contributed by atoms with Gasteiger partial charge in [0, 0.05) is 11.8 Å². The van der Waals surface area contributed by atoms with E-state index in [4.69, 9.17) is 10.4 Å². The molecular formula is C13H10N2O. The number of nitriles is 1. The van der Waals surface area contributed by atoms with Crippen LogP contribution in [-0.4, -0.2) is 10.1 Å². The van der Waals surface area contributed by atoms with Crippen molar-refractivity contribution in [2.24, 2.45) is 0 Å². The van der Waals surface area contributed by atoms with Gasteiger partial charge in [0.15, 0.2) is 0 Å². The van der Waals surface area contributed by atoms with Gasteiger partial charge in [0.05, 0.1) is 18.2 Å². The molecule has 2 aromatic rings. The van der Waals surface area contributed by atoms with Crippen molar-refractivity contribution in [1.29, 1.82) is 5.26 Å². The molecule has 0 spiro atoms. The van der Waals surface area contributed by atoms with Crippen molar-refractivity contribution < 1.29 is 5.11 Å². The molecule has 0 aliphatic carbocycles. The smallest absolute Gasteiger partial charge is 0.115 e. The Kier molecular flexibility index (Phi) is 2.84. The molecule has 0 unspecified atom stereocenters. The minimum Gasteiger partial charge on any atom is -0.508 e. The summed E-state index contributed by atoms with van der Waals surface area (Å²) in [6, 6.07) is 12.7. The van der Waals surface area contributed by atoms with Crippen molar-refractivity contribution in [3.05, 3.63) is 48.2 Å². The van der Waals surface area contributed by atoms with Crippen LogP contribution in [0.15, 0.2) is 42.6 Å². The monoisotopic (exact) mass is 210 g/mol. The number of pyridine rings is 1. The van der Waals surface area contributed by atoms with E-state index in [1.54, 1.807) is 18.3 Å². The Morgan fingerprint density at radius 2 is 1.88 bits per heavy atom. The lowest BCUT2D eigenvalue weighted by Crippen LogP contribution is -1.86. The first-order valence-corrected chi connectivity index (χ1v) is 4.91. The van der Waals surface area contributed by atoms with E-state index in [1.165, 1.54) is 0 Å². The van der Waals surface area contributed by atoms with E-state index >= 15 is 0 Å². The minimum absolute atomic E-state index is 0.241. The van der Waals surface area contributed by atoms with Gasteiger partial charge >= 0.3 is 0 Å². The van der Waals surface area contributed by atoms with Gasteiger partial charge in [0.25, 0.3) is 0 Å². The van der Waals surface area contributed by atoms with E-state index in [9.17, 15) is 0 Å². The second kappa shape index (κ2) is 4.45. The maximum Gasteiger partial charge on any atom is 0.115 e. The van der Waals surface area contributed by atoms with Gasteiger partial charge in [0.2, 0.25) is 0 Å². The Morgan fingerprint density at radius 1 is 1.12 bits per heavy atom. The maximum absolute atomic E-state index is 9.16. The lowest BCUT2D eigenvalue weighted by molar-refractivity contribution is 0.475. The van der Waals surface area contributed by atoms with Crippen LogP contribution in [0.25, 0.3) is 11.3 Å². The first-order chi connectivity index (χ1) is 7.79. The third-order valence-electron chi connectivity index (χ3n) is 2.27. The van der Waals surface area contributed by atoms with Crippen LogP contribution < -0.4 is 0 Å². The molecule has 0 fully saturated rings. The van der Waals surface area contributed by atoms with E-state index in [1.807, 2.05) is 24.3 Å². The highest BCUT2D eigenvalue weighted by Crippen LogP contribution is 2.19. The second-order valence-electron chi connectivity index (χ2n) is 3.43. The minimum atomic E-state index is 0.241. The molecule has 16 heavy (non-hydrogen) atoms. The quantitative estimate of drug-likeness (QED) is 0.828. The number of benzene rings is 1. The normalized spacial score (nSPS) is 9.69. The van der Waals surface area contributed by atoms with Crippen molar-refractivity contribution in [2.75, 3.05) is 0 Å². The summed E-state index contributed by atoms with van der Waals surface area (Å²) >= 11 is 0. The van der Waals surface area contributed by atoms with E-state index in [0.717, 1.165) is 16.8 Å². The molecule has 1 aromatic heterocycles. The molecular weight excluding hydrogens is 200 g/mol. The number of phenols is 1. The summed E-state index contributed by atoms with van der Waals surface area (Å²) in [5.74, 6) is 0.241. The fraction of sp³-hybridized carbons (Fsp3) is 0.0769. The molecule has 0 amide bonds. The van der Waals surface area contributed by atoms with Crippen LogP contribution in [-0.2, 0) is 6.42 Å². The van der Waals surface area contributed by atoms with Gasteiger partial charge in [-0.25, -0.2) is 0 Å². The van der Waals surface area contributed by atoms with Crippen molar-refractivity contribution in [3.63, 3.8) is 0 Å². The van der Waals surface area contributed by atoms with Crippen molar-refractivity contribution in [3.8, 4) is 23.1 Å². The molecule has 78 valence electrons. The first-order valence-electron chi connectivity index (χ1n) is 4.91. The fourth-order valence-electron chi connectivity index (χ4n) is 1.42. The molecule has 3 nitrogen and oxygen atoms in total. The predicted molar refractivity (Wildman–Crippen MR) is 60.7 cm³/mol. The zero-order valence-corrected chi connectivity index (χ0v) is 8.59. The van der Waals surface area contributed by atoms with Crippen LogP contribution in [0.2, 0.25) is 0 Å². The van der Waals surface area contributed by atoms with Crippen LogP contribution >= 0.6 is 0 Å². The molecule has 1 aromatic carbocycles. The van der Waals surface area contributed by atoms with Crippen LogP contribution in [0.5, 0.6) is 5.75 Å². The molecule has 0 aliphatic rings. The molecule has 0 saturated heterocycles. The topological polar surface area (TPSA) is 56.9 Å². The van der Waals surface area contributed by atoms with Crippen molar-refractivity contribution in [2.45, 2.75) is 6.42 Å². The average Bonchev–Trinajstić information content (AvgIpc) is 2.32. The van der Waals surface area contributed by atoms with Gasteiger partial charge in [-0.2, -0.15) is 5.26 Å². The summed E-state index contributed by atoms with van der Waals surface area (Å²) in [4.78, 5) is 4.26. The number of aromatic hydroxyl groups is 1. The van der Waals surface area contributed by atoms with Gasteiger partial charge < -0.3 is 5.11 Å². The molecule has 0 radical (unpaired) electrons. The van der Waals surface area contributed by atoms with E-state index in [-0.39, 0.29) is 5.75 Å². The lowest BCUT2D eigenvalue weighted by Gasteiger charge is -2.01. The largest absolute Gasteiger partial charge is 0.508 e. The SMILES string of the molecule is N#CCc1ccc(-c2ccc(O)cc2)nc1. The summed E-state index contributed by atoms with van der Waals surface area (Å²) < 4.78 is 0. The van der Waals surface area contributed by atoms with Gasteiger partial charge in [-0.15, -0.1) is 0 Å². The number of nitrogens with zero attached hydrogens (tertiary/aromatic N) is 2. The molecule has 0 atom stereocenters. The number of aromatic nitrogens is 1. The Hall–Kier alpha value is -2.34. The zero-order valence-electron chi connectivity index (χ0n) is 8.59. The van der Waals surface area contributed by atoms with Gasteiger partial charge in [-0.3, -0.25) is 4.98 Å². The molecule has 1 N–H and O–H groups in total. The summed E-state index contributed by atoms with van der Waals surface area (Å²) in [5, 5.41) is 17.7. The van der Waals surface area contributed by atoms with Crippen LogP contribution in [0, 0.1) is 11.3 Å². The van der Waals surface area contributed by atoms with E-state index < -0.39 is 0 Å². The summed E-state index contributed by atoms with van der Waals surface area (Å²) in [7, 11) is 0. The fourth-order valence-corrected chi connectivity index (χ4v) is 1.42. The predicted octanol–water partition coefficient (Wildman–Crippen LogP) is 2.52. The standard InChI is InChI=1S/C13H10N2O/c14-8-7-10-1-6-13(15-9-10)11-2-4-12(16)5-3-11/h1-6,9,16H,7H2. The summed E-state index contributed by atoms with van der Waals surface area (Å²) in [6.45, 7) is 0. The third-order valence-corrected chi connectivity index (χ3v) is 2.27. The molecule has 1 heterocycles. The van der Waals surface area contributed by atoms with E-state index in [0.29, 0.717) is 6.42 Å². The second-order valence-corrected chi connectivity index (χ2v) is 3.43. The molecule has 0 aliphatic heterocycles. The molecule has 2 rings (SSSR count). The first kappa shape index (κ1) is 10.2. The van der Waals surface area contributed by atoms with Gasteiger partial charge in [-0.05, 0) is 35.9 Å². The third kappa shape index (κ3) is 2.18. The molecule has 0 bridgehead atoms. The van der Waals surface area contributed by atoms with Crippen LogP contribution in [0.1, 0.15) is 5.56 Å². The van der Waals surface area contributed by atoms with E-state index in [2.05, 4.69) is 11.1 Å². The maximum atomic E-state index is 9.16. The number of hydrogen-bond donors (Lipinski definition) is 1. The summed E-state index contributed by atoms with van der Waals surface area (Å²) in [5.41, 5.74) is 2.69. The highest BCUT2D eigenvalue weighted by molar-refractivity contribution is 5.59. The molecule has 0 saturated carbocycles. The summed E-state index contributed by atoms with van der Waals surface area (Å²) in [6.07, 6.45) is 2.08. The number of rotatable bonds is 2. The van der Waals surface area contributed by atoms with Crippen LogP contribution in [0.3, 0.4) is 0 Å². The number of phenolic OH excluding ortho intramolecular Hbond substituents is 1. The van der Waals surface area contributed by atoms with Crippen molar-refractivity contribution >= 4 is 0 Å². The Labute approximate surface area is 93.6 Å². The highest BCUT2D eigenvalue weighted by Gasteiger charge is 1.99. The highest BCUT2D eigenvalue weighted by atomic mass is 16.3. The van der Waals surface area contributed by atoms with Crippen LogP contribution in [0.4, 0.5) is 0 Å². The van der Waals surface area contributed by atoms with Crippen molar-refractivity contribution in [1.82, 2.24) is 4.98 Å². The lowest BCUT2D eigenvalue weighted by atomic mass is 10.1. The molecule has 3 heteroatoms. The van der Waals surface area contributed by atoms with Gasteiger partial charge in [0.1, 0.15) is 5.75 Å². The Morgan fingerprint density at radius 3 is 2.44 bits per heavy atom. The Balaban J connectivity index is 2.28.